The van der Waals surface area contributed by atoms with E-state index in [1.807, 2.05) is 25.5 Å². The lowest BCUT2D eigenvalue weighted by Crippen LogP contribution is -2.23. The SMILES string of the molecule is CNC(Cn1cnc2c1CCCC2)c1ccc(OC)cc1. The molecule has 0 fully saturated rings. The van der Waals surface area contributed by atoms with E-state index in [4.69, 9.17) is 4.74 Å². The van der Waals surface area contributed by atoms with Crippen molar-refractivity contribution in [3.05, 3.63) is 47.5 Å². The molecule has 112 valence electrons. The van der Waals surface area contributed by atoms with Crippen LogP contribution in [-0.2, 0) is 19.4 Å². The molecule has 1 heterocycles. The summed E-state index contributed by atoms with van der Waals surface area (Å²) in [5.41, 5.74) is 4.00. The average molecular weight is 285 g/mol. The smallest absolute Gasteiger partial charge is 0.118 e. The van der Waals surface area contributed by atoms with Gasteiger partial charge < -0.3 is 14.6 Å². The molecular weight excluding hydrogens is 262 g/mol. The number of hydrogen-bond donors (Lipinski definition) is 1. The highest BCUT2D eigenvalue weighted by Crippen LogP contribution is 2.23. The van der Waals surface area contributed by atoms with Crippen molar-refractivity contribution in [1.82, 2.24) is 14.9 Å². The summed E-state index contributed by atoms with van der Waals surface area (Å²) in [5.74, 6) is 0.897. The maximum atomic E-state index is 5.23. The summed E-state index contributed by atoms with van der Waals surface area (Å²) in [6, 6.07) is 8.58. The zero-order chi connectivity index (χ0) is 14.7. The molecule has 1 aliphatic carbocycles. The van der Waals surface area contributed by atoms with Crippen LogP contribution in [-0.4, -0.2) is 23.7 Å². The van der Waals surface area contributed by atoms with Crippen LogP contribution in [0.1, 0.15) is 35.8 Å². The van der Waals surface area contributed by atoms with E-state index in [0.29, 0.717) is 0 Å². The number of fused-ring (bicyclic) bond motifs is 1. The summed E-state index contributed by atoms with van der Waals surface area (Å²) in [6.07, 6.45) is 6.86. The Hall–Kier alpha value is -1.81. The number of nitrogens with one attached hydrogen (secondary N) is 1. The minimum atomic E-state index is 0.288. The highest BCUT2D eigenvalue weighted by atomic mass is 16.5. The molecule has 1 aromatic heterocycles. The fourth-order valence-electron chi connectivity index (χ4n) is 3.08. The Balaban J connectivity index is 1.79. The largest absolute Gasteiger partial charge is 0.497 e. The van der Waals surface area contributed by atoms with E-state index in [-0.39, 0.29) is 6.04 Å². The minimum absolute atomic E-state index is 0.288. The maximum Gasteiger partial charge on any atom is 0.118 e. The van der Waals surface area contributed by atoms with Crippen molar-refractivity contribution in [3.63, 3.8) is 0 Å². The highest BCUT2D eigenvalue weighted by molar-refractivity contribution is 5.29. The Morgan fingerprint density at radius 3 is 2.71 bits per heavy atom. The second kappa shape index (κ2) is 6.31. The Morgan fingerprint density at radius 2 is 2.00 bits per heavy atom. The number of ether oxygens (including phenoxy) is 1. The van der Waals surface area contributed by atoms with Crippen molar-refractivity contribution in [2.24, 2.45) is 0 Å². The van der Waals surface area contributed by atoms with Crippen molar-refractivity contribution in [2.75, 3.05) is 14.2 Å². The third-order valence-electron chi connectivity index (χ3n) is 4.36. The van der Waals surface area contributed by atoms with E-state index in [2.05, 4.69) is 27.0 Å². The number of aromatic nitrogens is 2. The predicted molar refractivity (Wildman–Crippen MR) is 83.7 cm³/mol. The molecule has 21 heavy (non-hydrogen) atoms. The first-order chi connectivity index (χ1) is 10.3. The lowest BCUT2D eigenvalue weighted by molar-refractivity contribution is 0.414. The summed E-state index contributed by atoms with van der Waals surface area (Å²) in [5, 5.41) is 3.41. The van der Waals surface area contributed by atoms with Crippen LogP contribution in [0.3, 0.4) is 0 Å². The van der Waals surface area contributed by atoms with Crippen molar-refractivity contribution in [1.29, 1.82) is 0 Å². The van der Waals surface area contributed by atoms with Gasteiger partial charge >= 0.3 is 0 Å². The lowest BCUT2D eigenvalue weighted by atomic mass is 10.0. The van der Waals surface area contributed by atoms with Crippen LogP contribution in [0.2, 0.25) is 0 Å². The number of aryl methyl sites for hydroxylation is 1. The highest BCUT2D eigenvalue weighted by Gasteiger charge is 2.18. The quantitative estimate of drug-likeness (QED) is 0.918. The van der Waals surface area contributed by atoms with Crippen LogP contribution < -0.4 is 10.1 Å². The molecule has 0 bridgehead atoms. The van der Waals surface area contributed by atoms with Gasteiger partial charge in [-0.3, -0.25) is 0 Å². The first-order valence-corrected chi connectivity index (χ1v) is 7.66. The Bertz CT molecular complexity index is 589. The Kier molecular flexibility index (Phi) is 4.25. The number of nitrogens with zero attached hydrogens (tertiary/aromatic N) is 2. The van der Waals surface area contributed by atoms with Crippen molar-refractivity contribution >= 4 is 0 Å². The third kappa shape index (κ3) is 2.95. The second-order valence-corrected chi connectivity index (χ2v) is 5.61. The number of benzene rings is 1. The molecule has 0 amide bonds. The zero-order valence-corrected chi connectivity index (χ0v) is 12.8. The van der Waals surface area contributed by atoms with E-state index < -0.39 is 0 Å². The normalized spacial score (nSPS) is 15.5. The summed E-state index contributed by atoms with van der Waals surface area (Å²) < 4.78 is 7.55. The fourth-order valence-corrected chi connectivity index (χ4v) is 3.08. The third-order valence-corrected chi connectivity index (χ3v) is 4.36. The average Bonchev–Trinajstić information content (AvgIpc) is 2.96. The first kappa shape index (κ1) is 14.1. The predicted octanol–water partition coefficient (Wildman–Crippen LogP) is 2.73. The molecule has 4 nitrogen and oxygen atoms in total. The van der Waals surface area contributed by atoms with Gasteiger partial charge in [0.25, 0.3) is 0 Å². The van der Waals surface area contributed by atoms with Gasteiger partial charge in [0.15, 0.2) is 0 Å². The lowest BCUT2D eigenvalue weighted by Gasteiger charge is -2.20. The molecule has 4 heteroatoms. The molecule has 1 atom stereocenters. The van der Waals surface area contributed by atoms with Gasteiger partial charge in [-0.25, -0.2) is 4.98 Å². The minimum Gasteiger partial charge on any atom is -0.497 e. The zero-order valence-electron chi connectivity index (χ0n) is 12.8. The standard InChI is InChI=1S/C17H23N3O/c1-18-16(13-7-9-14(21-2)10-8-13)11-20-12-19-15-5-3-4-6-17(15)20/h7-10,12,16,18H,3-6,11H2,1-2H3. The topological polar surface area (TPSA) is 39.1 Å². The molecule has 1 aliphatic rings. The van der Waals surface area contributed by atoms with Gasteiger partial charge in [-0.15, -0.1) is 0 Å². The van der Waals surface area contributed by atoms with E-state index in [1.165, 1.54) is 29.8 Å². The molecule has 1 N–H and O–H groups in total. The van der Waals surface area contributed by atoms with Crippen LogP contribution in [0, 0.1) is 0 Å². The number of imidazole rings is 1. The molecule has 1 aromatic carbocycles. The summed E-state index contributed by atoms with van der Waals surface area (Å²) in [7, 11) is 3.71. The van der Waals surface area contributed by atoms with Crippen molar-refractivity contribution in [3.8, 4) is 5.75 Å². The molecule has 0 aliphatic heterocycles. The molecule has 1 unspecified atom stereocenters. The van der Waals surface area contributed by atoms with Crippen LogP contribution >= 0.6 is 0 Å². The Labute approximate surface area is 126 Å². The van der Waals surface area contributed by atoms with Crippen LogP contribution in [0.25, 0.3) is 0 Å². The summed E-state index contributed by atoms with van der Waals surface area (Å²) >= 11 is 0. The summed E-state index contributed by atoms with van der Waals surface area (Å²) in [6.45, 7) is 0.922. The van der Waals surface area contributed by atoms with E-state index >= 15 is 0 Å². The van der Waals surface area contributed by atoms with Gasteiger partial charge in [0.1, 0.15) is 5.75 Å². The number of methoxy groups -OCH3 is 1. The molecule has 0 saturated carbocycles. The molecule has 0 radical (unpaired) electrons. The van der Waals surface area contributed by atoms with Crippen molar-refractivity contribution < 1.29 is 4.74 Å². The van der Waals surface area contributed by atoms with Gasteiger partial charge in [0.2, 0.25) is 0 Å². The van der Waals surface area contributed by atoms with E-state index in [0.717, 1.165) is 25.1 Å². The van der Waals surface area contributed by atoms with Gasteiger partial charge in [-0.2, -0.15) is 0 Å². The second-order valence-electron chi connectivity index (χ2n) is 5.61. The van der Waals surface area contributed by atoms with E-state index in [9.17, 15) is 0 Å². The van der Waals surface area contributed by atoms with Gasteiger partial charge in [0, 0.05) is 18.3 Å². The Morgan fingerprint density at radius 1 is 1.24 bits per heavy atom. The monoisotopic (exact) mass is 285 g/mol. The first-order valence-electron chi connectivity index (χ1n) is 7.66. The number of rotatable bonds is 5. The van der Waals surface area contributed by atoms with Gasteiger partial charge in [0.05, 0.1) is 19.1 Å². The van der Waals surface area contributed by atoms with Crippen LogP contribution in [0.5, 0.6) is 5.75 Å². The number of likely N-dealkylation sites (N-methyl/N-ethyl adjacent to an activating group) is 1. The number of hydrogen-bond acceptors (Lipinski definition) is 3. The molecule has 2 aromatic rings. The van der Waals surface area contributed by atoms with Gasteiger partial charge in [-0.05, 0) is 50.4 Å². The molecule has 3 rings (SSSR count). The van der Waals surface area contributed by atoms with E-state index in [1.54, 1.807) is 7.11 Å². The molecular formula is C17H23N3O. The van der Waals surface area contributed by atoms with Crippen molar-refractivity contribution in [2.45, 2.75) is 38.3 Å². The molecule has 0 spiro atoms. The van der Waals surface area contributed by atoms with Crippen LogP contribution in [0.15, 0.2) is 30.6 Å². The van der Waals surface area contributed by atoms with Crippen LogP contribution in [0.4, 0.5) is 0 Å². The van der Waals surface area contributed by atoms with Gasteiger partial charge in [-0.1, -0.05) is 12.1 Å². The molecule has 0 saturated heterocycles. The summed E-state index contributed by atoms with van der Waals surface area (Å²) in [4.78, 5) is 4.58. The maximum absolute atomic E-state index is 5.23. The fraction of sp³-hybridized carbons (Fsp3) is 0.471.